The molecule has 0 saturated heterocycles. The van der Waals surface area contributed by atoms with Crippen molar-refractivity contribution >= 4 is 0 Å². The zero-order valence-electron chi connectivity index (χ0n) is 15.0. The summed E-state index contributed by atoms with van der Waals surface area (Å²) in [5.41, 5.74) is 2.70. The Morgan fingerprint density at radius 3 is 1.76 bits per heavy atom. The second-order valence-corrected chi connectivity index (χ2v) is 7.16. The van der Waals surface area contributed by atoms with Crippen molar-refractivity contribution in [3.8, 4) is 0 Å². The summed E-state index contributed by atoms with van der Waals surface area (Å²) in [4.78, 5) is 2.64. The lowest BCUT2D eigenvalue weighted by atomic mass is 9.96. The summed E-state index contributed by atoms with van der Waals surface area (Å²) in [6.45, 7) is 16.0. The molecule has 120 valence electrons. The van der Waals surface area contributed by atoms with Gasteiger partial charge in [0.2, 0.25) is 0 Å². The number of hydrogen-bond donors (Lipinski definition) is 1. The van der Waals surface area contributed by atoms with Crippen LogP contribution < -0.4 is 5.32 Å². The molecule has 2 nitrogen and oxygen atoms in total. The van der Waals surface area contributed by atoms with Gasteiger partial charge in [-0.2, -0.15) is 0 Å². The fourth-order valence-electron chi connectivity index (χ4n) is 3.02. The third-order valence-electron chi connectivity index (χ3n) is 4.01. The largest absolute Gasteiger partial charge is 0.312 e. The smallest absolute Gasteiger partial charge is 0.0473 e. The van der Waals surface area contributed by atoms with E-state index in [2.05, 4.69) is 83.1 Å². The third-order valence-corrected chi connectivity index (χ3v) is 4.01. The van der Waals surface area contributed by atoms with Crippen LogP contribution in [-0.2, 0) is 0 Å². The fraction of sp³-hybridized carbons (Fsp3) is 0.684. The quantitative estimate of drug-likeness (QED) is 0.769. The molecule has 0 saturated carbocycles. The van der Waals surface area contributed by atoms with Crippen molar-refractivity contribution < 1.29 is 0 Å². The van der Waals surface area contributed by atoms with Gasteiger partial charge in [0.05, 0.1) is 0 Å². The molecular formula is C19H34N2. The summed E-state index contributed by atoms with van der Waals surface area (Å²) in [6.07, 6.45) is 0. The van der Waals surface area contributed by atoms with Crippen LogP contribution >= 0.6 is 0 Å². The van der Waals surface area contributed by atoms with E-state index in [1.165, 1.54) is 11.1 Å². The second-order valence-electron chi connectivity index (χ2n) is 7.16. The highest BCUT2D eigenvalue weighted by atomic mass is 15.2. The molecule has 2 heteroatoms. The fourth-order valence-corrected chi connectivity index (χ4v) is 3.02. The maximum atomic E-state index is 3.52. The Morgan fingerprint density at radius 2 is 1.38 bits per heavy atom. The second kappa shape index (κ2) is 8.55. The van der Waals surface area contributed by atoms with E-state index in [9.17, 15) is 0 Å². The van der Waals surface area contributed by atoms with Crippen molar-refractivity contribution in [2.75, 3.05) is 20.1 Å². The lowest BCUT2D eigenvalue weighted by molar-refractivity contribution is 0.138. The van der Waals surface area contributed by atoms with Crippen molar-refractivity contribution in [3.05, 3.63) is 35.4 Å². The van der Waals surface area contributed by atoms with Crippen molar-refractivity contribution in [1.82, 2.24) is 10.2 Å². The van der Waals surface area contributed by atoms with E-state index in [-0.39, 0.29) is 0 Å². The molecule has 0 aliphatic rings. The van der Waals surface area contributed by atoms with Gasteiger partial charge in [0.15, 0.2) is 0 Å². The van der Waals surface area contributed by atoms with Crippen molar-refractivity contribution in [1.29, 1.82) is 0 Å². The lowest BCUT2D eigenvalue weighted by Gasteiger charge is -2.37. The van der Waals surface area contributed by atoms with Gasteiger partial charge in [-0.1, -0.05) is 57.5 Å². The van der Waals surface area contributed by atoms with Gasteiger partial charge in [0.25, 0.3) is 0 Å². The lowest BCUT2D eigenvalue weighted by Crippen LogP contribution is -2.45. The first-order valence-corrected chi connectivity index (χ1v) is 8.33. The van der Waals surface area contributed by atoms with E-state index in [1.54, 1.807) is 0 Å². The molecule has 2 atom stereocenters. The Morgan fingerprint density at radius 1 is 0.905 bits per heavy atom. The van der Waals surface area contributed by atoms with Crippen molar-refractivity contribution in [2.45, 2.75) is 53.6 Å². The zero-order valence-corrected chi connectivity index (χ0v) is 15.0. The number of hydrogen-bond acceptors (Lipinski definition) is 2. The molecule has 2 unspecified atom stereocenters. The number of likely N-dealkylation sites (N-methyl/N-ethyl adjacent to an activating group) is 1. The average molecular weight is 290 g/mol. The number of benzene rings is 1. The van der Waals surface area contributed by atoms with E-state index in [0.717, 1.165) is 13.1 Å². The Hall–Kier alpha value is -0.860. The van der Waals surface area contributed by atoms with E-state index >= 15 is 0 Å². The minimum Gasteiger partial charge on any atom is -0.312 e. The Kier molecular flexibility index (Phi) is 7.41. The Labute approximate surface area is 131 Å². The highest BCUT2D eigenvalue weighted by molar-refractivity contribution is 5.25. The summed E-state index contributed by atoms with van der Waals surface area (Å²) >= 11 is 0. The maximum absolute atomic E-state index is 3.52. The van der Waals surface area contributed by atoms with Crippen LogP contribution in [0, 0.1) is 18.8 Å². The molecule has 1 aromatic rings. The number of nitrogens with one attached hydrogen (secondary N) is 1. The monoisotopic (exact) mass is 290 g/mol. The molecule has 21 heavy (non-hydrogen) atoms. The average Bonchev–Trinajstić information content (AvgIpc) is 2.39. The summed E-state index contributed by atoms with van der Waals surface area (Å²) in [6, 6.07) is 9.81. The van der Waals surface area contributed by atoms with Gasteiger partial charge in [-0.15, -0.1) is 0 Å². The highest BCUT2D eigenvalue weighted by Gasteiger charge is 2.24. The van der Waals surface area contributed by atoms with Crippen molar-refractivity contribution in [3.63, 3.8) is 0 Å². The van der Waals surface area contributed by atoms with Crippen LogP contribution in [0.1, 0.15) is 51.8 Å². The molecule has 0 heterocycles. The topological polar surface area (TPSA) is 15.3 Å². The van der Waals surface area contributed by atoms with E-state index in [4.69, 9.17) is 0 Å². The first-order valence-electron chi connectivity index (χ1n) is 8.33. The van der Waals surface area contributed by atoms with Crippen LogP contribution in [0.4, 0.5) is 0 Å². The van der Waals surface area contributed by atoms with Gasteiger partial charge >= 0.3 is 0 Å². The molecule has 0 aliphatic carbocycles. The molecule has 1 aromatic carbocycles. The minimum absolute atomic E-state index is 0.378. The molecule has 0 radical (unpaired) electrons. The molecule has 0 bridgehead atoms. The van der Waals surface area contributed by atoms with Crippen LogP contribution in [0.15, 0.2) is 24.3 Å². The molecule has 1 rings (SSSR count). The van der Waals surface area contributed by atoms with Gasteiger partial charge in [0.1, 0.15) is 0 Å². The van der Waals surface area contributed by atoms with E-state index in [1.807, 2.05) is 0 Å². The molecule has 0 amide bonds. The normalized spacial score (nSPS) is 15.0. The molecule has 0 fully saturated rings. The summed E-state index contributed by atoms with van der Waals surface area (Å²) in [5.74, 6) is 1.39. The predicted molar refractivity (Wildman–Crippen MR) is 93.7 cm³/mol. The molecular weight excluding hydrogens is 256 g/mol. The summed E-state index contributed by atoms with van der Waals surface area (Å²) < 4.78 is 0. The summed E-state index contributed by atoms with van der Waals surface area (Å²) in [7, 11) is 2.07. The minimum atomic E-state index is 0.378. The molecule has 0 aliphatic heterocycles. The summed E-state index contributed by atoms with van der Waals surface area (Å²) in [5, 5.41) is 3.52. The molecule has 0 aromatic heterocycles. The zero-order chi connectivity index (χ0) is 16.0. The van der Waals surface area contributed by atoms with Gasteiger partial charge in [-0.3, -0.25) is 4.90 Å². The van der Waals surface area contributed by atoms with Gasteiger partial charge in [0, 0.05) is 25.2 Å². The number of aryl methyl sites for hydroxylation is 1. The van der Waals surface area contributed by atoms with Gasteiger partial charge in [-0.05, 0) is 38.3 Å². The number of rotatable bonds is 8. The number of nitrogens with zero attached hydrogens (tertiary/aromatic N) is 1. The Balaban J connectivity index is 2.91. The van der Waals surface area contributed by atoms with Gasteiger partial charge < -0.3 is 5.32 Å². The van der Waals surface area contributed by atoms with E-state index in [0.29, 0.717) is 23.9 Å². The van der Waals surface area contributed by atoms with Crippen LogP contribution in [0.2, 0.25) is 0 Å². The maximum Gasteiger partial charge on any atom is 0.0473 e. The first kappa shape index (κ1) is 18.2. The van der Waals surface area contributed by atoms with E-state index < -0.39 is 0 Å². The van der Waals surface area contributed by atoms with Crippen molar-refractivity contribution in [2.24, 2.45) is 11.8 Å². The highest BCUT2D eigenvalue weighted by Crippen LogP contribution is 2.23. The predicted octanol–water partition coefficient (Wildman–Crippen LogP) is 4.26. The van der Waals surface area contributed by atoms with Crippen LogP contribution in [-0.4, -0.2) is 31.1 Å². The van der Waals surface area contributed by atoms with Crippen LogP contribution in [0.25, 0.3) is 0 Å². The standard InChI is InChI=1S/C19H34N2/c1-14(2)12-21(13-15(3)4)17(6)19(20-7)18-10-8-16(5)9-11-18/h8-11,14-15,17,19-20H,12-13H2,1-7H3. The SMILES string of the molecule is CNC(c1ccc(C)cc1)C(C)N(CC(C)C)CC(C)C. The molecule has 0 spiro atoms. The first-order chi connectivity index (χ1) is 9.85. The van der Waals surface area contributed by atoms with Crippen LogP contribution in [0.5, 0.6) is 0 Å². The van der Waals surface area contributed by atoms with Gasteiger partial charge in [-0.25, -0.2) is 0 Å². The van der Waals surface area contributed by atoms with Crippen LogP contribution in [0.3, 0.4) is 0 Å². The molecule has 1 N–H and O–H groups in total. The third kappa shape index (κ3) is 5.80. The Bertz CT molecular complexity index is 385.